The van der Waals surface area contributed by atoms with Crippen molar-refractivity contribution in [2.75, 3.05) is 23.3 Å². The monoisotopic (exact) mass is 351 g/mol. The van der Waals surface area contributed by atoms with Gasteiger partial charge in [-0.2, -0.15) is 0 Å². The number of carbonyl (C=O) groups excluding carboxylic acids is 1. The first kappa shape index (κ1) is 16.4. The molecule has 4 rings (SSSR count). The average Bonchev–Trinajstić information content (AvgIpc) is 3.28. The number of para-hydroxylation sites is 4. The molecule has 0 unspecified atom stereocenters. The Morgan fingerprint density at radius 2 is 1.77 bits per heavy atom. The maximum absolute atomic E-state index is 12.4. The van der Waals surface area contributed by atoms with Crippen LogP contribution in [-0.2, 0) is 11.3 Å². The molecule has 0 aliphatic carbocycles. The standard InChI is InChI=1S/C20H21N3O3/c24-19(11-14-23-17-9-3-4-10-18(17)26-20(23)25)21-15-7-1-2-8-16(15)22-12-5-6-13-22/h1-4,7-10H,5-6,11-14H2,(H,21,24). The number of rotatable bonds is 5. The van der Waals surface area contributed by atoms with Gasteiger partial charge in [0.05, 0.1) is 16.9 Å². The number of benzene rings is 2. The van der Waals surface area contributed by atoms with Gasteiger partial charge < -0.3 is 14.6 Å². The predicted octanol–water partition coefficient (Wildman–Crippen LogP) is 3.22. The Hall–Kier alpha value is -3.02. The van der Waals surface area contributed by atoms with Gasteiger partial charge in [-0.3, -0.25) is 9.36 Å². The predicted molar refractivity (Wildman–Crippen MR) is 102 cm³/mol. The summed E-state index contributed by atoms with van der Waals surface area (Å²) in [6.07, 6.45) is 2.56. The molecule has 0 bridgehead atoms. The SMILES string of the molecule is O=C(CCn1c(=O)oc2ccccc21)Nc1ccccc1N1CCCC1. The summed E-state index contributed by atoms with van der Waals surface area (Å²) in [6.45, 7) is 2.32. The second-order valence-electron chi connectivity index (χ2n) is 6.50. The van der Waals surface area contributed by atoms with E-state index in [1.54, 1.807) is 6.07 Å². The number of amides is 1. The number of hydrogen-bond acceptors (Lipinski definition) is 4. The fraction of sp³-hybridized carbons (Fsp3) is 0.300. The Morgan fingerprint density at radius 1 is 1.04 bits per heavy atom. The second-order valence-corrected chi connectivity index (χ2v) is 6.50. The lowest BCUT2D eigenvalue weighted by Crippen LogP contribution is -2.22. The van der Waals surface area contributed by atoms with Crippen LogP contribution in [0, 0.1) is 0 Å². The summed E-state index contributed by atoms with van der Waals surface area (Å²) in [5.74, 6) is -0.551. The Kier molecular flexibility index (Phi) is 4.48. The number of aromatic nitrogens is 1. The van der Waals surface area contributed by atoms with Crippen LogP contribution in [-0.4, -0.2) is 23.6 Å². The van der Waals surface area contributed by atoms with E-state index in [-0.39, 0.29) is 18.9 Å². The molecule has 1 aliphatic heterocycles. The van der Waals surface area contributed by atoms with Gasteiger partial charge in [0.1, 0.15) is 0 Å². The number of aryl methyl sites for hydroxylation is 1. The fourth-order valence-corrected chi connectivity index (χ4v) is 3.46. The molecule has 2 aromatic carbocycles. The summed E-state index contributed by atoms with van der Waals surface area (Å²) in [7, 11) is 0. The van der Waals surface area contributed by atoms with E-state index in [1.165, 1.54) is 17.4 Å². The van der Waals surface area contributed by atoms with Gasteiger partial charge in [0, 0.05) is 26.1 Å². The molecule has 1 saturated heterocycles. The minimum Gasteiger partial charge on any atom is -0.408 e. The van der Waals surface area contributed by atoms with Gasteiger partial charge in [-0.1, -0.05) is 24.3 Å². The zero-order chi connectivity index (χ0) is 17.9. The second kappa shape index (κ2) is 7.07. The zero-order valence-corrected chi connectivity index (χ0v) is 14.5. The van der Waals surface area contributed by atoms with E-state index in [1.807, 2.05) is 42.5 Å². The van der Waals surface area contributed by atoms with Crippen molar-refractivity contribution in [2.24, 2.45) is 0 Å². The Labute approximate surface area is 151 Å². The summed E-state index contributed by atoms with van der Waals surface area (Å²) < 4.78 is 6.71. The highest BCUT2D eigenvalue weighted by atomic mass is 16.4. The van der Waals surface area contributed by atoms with Crippen molar-refractivity contribution >= 4 is 28.4 Å². The van der Waals surface area contributed by atoms with E-state index in [9.17, 15) is 9.59 Å². The molecule has 1 aromatic heterocycles. The Morgan fingerprint density at radius 3 is 2.62 bits per heavy atom. The molecule has 0 spiro atoms. The molecular weight excluding hydrogens is 330 g/mol. The van der Waals surface area contributed by atoms with Gasteiger partial charge >= 0.3 is 5.76 Å². The molecule has 6 nitrogen and oxygen atoms in total. The van der Waals surface area contributed by atoms with Crippen LogP contribution in [0.3, 0.4) is 0 Å². The van der Waals surface area contributed by atoms with E-state index in [0.29, 0.717) is 11.1 Å². The lowest BCUT2D eigenvalue weighted by Gasteiger charge is -2.21. The quantitative estimate of drug-likeness (QED) is 0.766. The van der Waals surface area contributed by atoms with E-state index >= 15 is 0 Å². The highest BCUT2D eigenvalue weighted by Crippen LogP contribution is 2.28. The van der Waals surface area contributed by atoms with Gasteiger partial charge in [-0.15, -0.1) is 0 Å². The number of anilines is 2. The maximum atomic E-state index is 12.4. The molecule has 1 fully saturated rings. The first-order valence-electron chi connectivity index (χ1n) is 8.94. The molecule has 3 aromatic rings. The molecular formula is C20H21N3O3. The number of nitrogens with zero attached hydrogens (tertiary/aromatic N) is 2. The number of hydrogen-bond donors (Lipinski definition) is 1. The first-order chi connectivity index (χ1) is 12.7. The van der Waals surface area contributed by atoms with Crippen LogP contribution in [0.1, 0.15) is 19.3 Å². The molecule has 1 aliphatic rings. The molecule has 6 heteroatoms. The van der Waals surface area contributed by atoms with Crippen LogP contribution in [0.5, 0.6) is 0 Å². The van der Waals surface area contributed by atoms with E-state index in [0.717, 1.165) is 24.5 Å². The first-order valence-corrected chi connectivity index (χ1v) is 8.94. The topological polar surface area (TPSA) is 67.5 Å². The van der Waals surface area contributed by atoms with Crippen molar-refractivity contribution in [3.63, 3.8) is 0 Å². The molecule has 1 N–H and O–H groups in total. The van der Waals surface area contributed by atoms with Crippen LogP contribution < -0.4 is 16.0 Å². The van der Waals surface area contributed by atoms with Gasteiger partial charge in [0.25, 0.3) is 0 Å². The van der Waals surface area contributed by atoms with Crippen LogP contribution in [0.15, 0.2) is 57.7 Å². The normalized spacial score (nSPS) is 14.1. The van der Waals surface area contributed by atoms with Crippen molar-refractivity contribution in [3.05, 3.63) is 59.1 Å². The van der Waals surface area contributed by atoms with Crippen molar-refractivity contribution in [1.82, 2.24) is 4.57 Å². The molecule has 0 atom stereocenters. The molecule has 1 amide bonds. The molecule has 26 heavy (non-hydrogen) atoms. The Bertz CT molecular complexity index is 983. The molecule has 2 heterocycles. The fourth-order valence-electron chi connectivity index (χ4n) is 3.46. The van der Waals surface area contributed by atoms with Gasteiger partial charge in [0.2, 0.25) is 5.91 Å². The van der Waals surface area contributed by atoms with Crippen molar-refractivity contribution < 1.29 is 9.21 Å². The summed E-state index contributed by atoms with van der Waals surface area (Å²) in [5.41, 5.74) is 3.13. The van der Waals surface area contributed by atoms with Crippen molar-refractivity contribution in [1.29, 1.82) is 0 Å². The Balaban J connectivity index is 1.46. The highest BCUT2D eigenvalue weighted by molar-refractivity contribution is 5.94. The van der Waals surface area contributed by atoms with E-state index in [2.05, 4.69) is 10.2 Å². The lowest BCUT2D eigenvalue weighted by atomic mass is 10.2. The molecule has 0 saturated carbocycles. The average molecular weight is 351 g/mol. The van der Waals surface area contributed by atoms with E-state index in [4.69, 9.17) is 4.42 Å². The summed E-state index contributed by atoms with van der Waals surface area (Å²) in [6, 6.07) is 15.1. The van der Waals surface area contributed by atoms with Crippen LogP contribution in [0.25, 0.3) is 11.1 Å². The maximum Gasteiger partial charge on any atom is 0.419 e. The van der Waals surface area contributed by atoms with E-state index < -0.39 is 5.76 Å². The minimum atomic E-state index is -0.434. The van der Waals surface area contributed by atoms with Crippen LogP contribution in [0.4, 0.5) is 11.4 Å². The smallest absolute Gasteiger partial charge is 0.408 e. The number of oxazole rings is 1. The van der Waals surface area contributed by atoms with Crippen molar-refractivity contribution in [2.45, 2.75) is 25.8 Å². The molecule has 134 valence electrons. The molecule has 0 radical (unpaired) electrons. The third-order valence-electron chi connectivity index (χ3n) is 4.76. The van der Waals surface area contributed by atoms with Gasteiger partial charge in [-0.25, -0.2) is 4.79 Å². The van der Waals surface area contributed by atoms with Crippen molar-refractivity contribution in [3.8, 4) is 0 Å². The highest BCUT2D eigenvalue weighted by Gasteiger charge is 2.17. The van der Waals surface area contributed by atoms with Gasteiger partial charge in [0.15, 0.2) is 5.58 Å². The number of carbonyl (C=O) groups is 1. The summed E-state index contributed by atoms with van der Waals surface area (Å²) >= 11 is 0. The van der Waals surface area contributed by atoms with Crippen LogP contribution >= 0.6 is 0 Å². The largest absolute Gasteiger partial charge is 0.419 e. The summed E-state index contributed by atoms with van der Waals surface area (Å²) in [4.78, 5) is 26.7. The zero-order valence-electron chi connectivity index (χ0n) is 14.5. The lowest BCUT2D eigenvalue weighted by molar-refractivity contribution is -0.116. The summed E-state index contributed by atoms with van der Waals surface area (Å²) in [5, 5.41) is 2.99. The third kappa shape index (κ3) is 3.22. The van der Waals surface area contributed by atoms with Gasteiger partial charge in [-0.05, 0) is 37.1 Å². The van der Waals surface area contributed by atoms with Crippen LogP contribution in [0.2, 0.25) is 0 Å². The minimum absolute atomic E-state index is 0.117. The third-order valence-corrected chi connectivity index (χ3v) is 4.76. The number of nitrogens with one attached hydrogen (secondary N) is 1. The number of fused-ring (bicyclic) bond motifs is 1.